The van der Waals surface area contributed by atoms with Crippen LogP contribution in [0.25, 0.3) is 0 Å². The number of hydrogen-bond acceptors (Lipinski definition) is 4. The Kier molecular flexibility index (Phi) is 7.34. The molecule has 32 heavy (non-hydrogen) atoms. The summed E-state index contributed by atoms with van der Waals surface area (Å²) in [5.74, 6) is 7.39. The van der Waals surface area contributed by atoms with Crippen LogP contribution < -0.4 is 9.47 Å². The summed E-state index contributed by atoms with van der Waals surface area (Å²) in [6.45, 7) is 3.20. The highest BCUT2D eigenvalue weighted by Gasteiger charge is 2.28. The molecule has 0 spiro atoms. The normalized spacial score (nSPS) is 18.0. The van der Waals surface area contributed by atoms with E-state index in [1.165, 1.54) is 12.8 Å². The number of benzene rings is 2. The van der Waals surface area contributed by atoms with Crippen molar-refractivity contribution in [2.45, 2.75) is 37.7 Å². The summed E-state index contributed by atoms with van der Waals surface area (Å²) in [6.07, 6.45) is 4.72. The zero-order chi connectivity index (χ0) is 22.3. The lowest BCUT2D eigenvalue weighted by molar-refractivity contribution is -0.133. The molecule has 0 N–H and O–H groups in total. The Morgan fingerprint density at radius 1 is 1.00 bits per heavy atom. The van der Waals surface area contributed by atoms with Gasteiger partial charge in [0.25, 0.3) is 0 Å². The van der Waals surface area contributed by atoms with Gasteiger partial charge in [-0.3, -0.25) is 4.79 Å². The molecule has 1 saturated heterocycles. The van der Waals surface area contributed by atoms with Crippen LogP contribution in [0.3, 0.4) is 0 Å². The molecule has 1 aliphatic heterocycles. The smallest absolute Gasteiger partial charge is 0.242 e. The minimum Gasteiger partial charge on any atom is -0.493 e. The quantitative estimate of drug-likeness (QED) is 0.672. The highest BCUT2D eigenvalue weighted by atomic mass is 16.5. The summed E-state index contributed by atoms with van der Waals surface area (Å²) >= 11 is 0. The van der Waals surface area contributed by atoms with Crippen LogP contribution in [0, 0.1) is 11.8 Å². The maximum atomic E-state index is 13.6. The van der Waals surface area contributed by atoms with Crippen LogP contribution in [0.2, 0.25) is 0 Å². The molecule has 5 heteroatoms. The average molecular weight is 433 g/mol. The SMILES string of the molecule is COc1ccc(C(C#Cc2ccccc2)C(=O)N2CCN(C)CC2)cc1OC1CCCC1. The third kappa shape index (κ3) is 5.44. The molecule has 1 aliphatic carbocycles. The molecule has 1 amide bonds. The number of nitrogens with zero attached hydrogens (tertiary/aromatic N) is 2. The van der Waals surface area contributed by atoms with E-state index < -0.39 is 5.92 Å². The van der Waals surface area contributed by atoms with Crippen molar-refractivity contribution in [3.8, 4) is 23.3 Å². The highest BCUT2D eigenvalue weighted by molar-refractivity contribution is 5.87. The average Bonchev–Trinajstić information content (AvgIpc) is 3.33. The van der Waals surface area contributed by atoms with Crippen molar-refractivity contribution >= 4 is 5.91 Å². The topological polar surface area (TPSA) is 42.0 Å². The summed E-state index contributed by atoms with van der Waals surface area (Å²) < 4.78 is 11.8. The first-order valence-corrected chi connectivity index (χ1v) is 11.5. The fourth-order valence-corrected chi connectivity index (χ4v) is 4.32. The van der Waals surface area contributed by atoms with Gasteiger partial charge >= 0.3 is 0 Å². The Bertz CT molecular complexity index is 965. The number of piperazine rings is 1. The molecule has 2 aromatic carbocycles. The number of carbonyl (C=O) groups is 1. The van der Waals surface area contributed by atoms with E-state index in [-0.39, 0.29) is 12.0 Å². The van der Waals surface area contributed by atoms with Crippen molar-refractivity contribution in [1.29, 1.82) is 0 Å². The van der Waals surface area contributed by atoms with Crippen LogP contribution in [0.1, 0.15) is 42.7 Å². The number of amides is 1. The van der Waals surface area contributed by atoms with Crippen LogP contribution >= 0.6 is 0 Å². The maximum Gasteiger partial charge on any atom is 0.242 e. The van der Waals surface area contributed by atoms with Gasteiger partial charge in [0.1, 0.15) is 5.92 Å². The molecule has 1 saturated carbocycles. The van der Waals surface area contributed by atoms with Crippen LogP contribution in [0.4, 0.5) is 0 Å². The van der Waals surface area contributed by atoms with Crippen molar-refractivity contribution in [3.05, 3.63) is 59.7 Å². The molecule has 168 valence electrons. The summed E-state index contributed by atoms with van der Waals surface area (Å²) in [5.41, 5.74) is 1.76. The van der Waals surface area contributed by atoms with Crippen molar-refractivity contribution in [2.24, 2.45) is 0 Å². The zero-order valence-electron chi connectivity index (χ0n) is 19.0. The molecule has 1 unspecified atom stereocenters. The first-order valence-electron chi connectivity index (χ1n) is 11.5. The zero-order valence-corrected chi connectivity index (χ0v) is 19.0. The summed E-state index contributed by atoms with van der Waals surface area (Å²) in [7, 11) is 3.74. The largest absolute Gasteiger partial charge is 0.493 e. The van der Waals surface area contributed by atoms with E-state index in [1.54, 1.807) is 7.11 Å². The highest BCUT2D eigenvalue weighted by Crippen LogP contribution is 2.35. The van der Waals surface area contributed by atoms with E-state index in [0.717, 1.165) is 50.1 Å². The predicted octanol–water partition coefficient (Wildman–Crippen LogP) is 3.93. The molecule has 0 aromatic heterocycles. The van der Waals surface area contributed by atoms with Gasteiger partial charge in [-0.2, -0.15) is 0 Å². The fourth-order valence-electron chi connectivity index (χ4n) is 4.32. The van der Waals surface area contributed by atoms with Crippen molar-refractivity contribution in [3.63, 3.8) is 0 Å². The molecular weight excluding hydrogens is 400 g/mol. The summed E-state index contributed by atoms with van der Waals surface area (Å²) in [6, 6.07) is 15.6. The van der Waals surface area contributed by atoms with Gasteiger partial charge in [-0.15, -0.1) is 0 Å². The van der Waals surface area contributed by atoms with Gasteiger partial charge in [0.05, 0.1) is 13.2 Å². The van der Waals surface area contributed by atoms with Gasteiger partial charge in [-0.25, -0.2) is 0 Å². The van der Waals surface area contributed by atoms with Crippen LogP contribution in [0.5, 0.6) is 11.5 Å². The van der Waals surface area contributed by atoms with Crippen LogP contribution in [-0.2, 0) is 4.79 Å². The third-order valence-corrected chi connectivity index (χ3v) is 6.31. The lowest BCUT2D eigenvalue weighted by Crippen LogP contribution is -2.48. The molecule has 0 bridgehead atoms. The number of likely N-dealkylation sites (N-methyl/N-ethyl adjacent to an activating group) is 1. The Hall–Kier alpha value is -2.97. The van der Waals surface area contributed by atoms with Crippen molar-refractivity contribution in [2.75, 3.05) is 40.3 Å². The number of ether oxygens (including phenoxy) is 2. The Balaban J connectivity index is 1.65. The fraction of sp³-hybridized carbons (Fsp3) is 0.444. The maximum absolute atomic E-state index is 13.6. The second-order valence-electron chi connectivity index (χ2n) is 8.63. The first-order chi connectivity index (χ1) is 15.6. The predicted molar refractivity (Wildman–Crippen MR) is 126 cm³/mol. The van der Waals surface area contributed by atoms with E-state index in [0.29, 0.717) is 11.5 Å². The number of hydrogen-bond donors (Lipinski definition) is 0. The van der Waals surface area contributed by atoms with E-state index in [2.05, 4.69) is 23.8 Å². The van der Waals surface area contributed by atoms with Crippen molar-refractivity contribution in [1.82, 2.24) is 9.80 Å². The van der Waals surface area contributed by atoms with Gasteiger partial charge in [0, 0.05) is 31.7 Å². The Morgan fingerprint density at radius 2 is 1.72 bits per heavy atom. The Morgan fingerprint density at radius 3 is 2.41 bits per heavy atom. The first kappa shape index (κ1) is 22.2. The molecular formula is C27H32N2O3. The molecule has 2 aliphatic rings. The molecule has 0 radical (unpaired) electrons. The van der Waals surface area contributed by atoms with E-state index in [9.17, 15) is 4.79 Å². The minimum atomic E-state index is -0.546. The standard InChI is InChI=1S/C27H32N2O3/c1-28-16-18-29(19-17-28)27(30)24(14-12-21-8-4-3-5-9-21)22-13-15-25(31-2)26(20-22)32-23-10-6-7-11-23/h3-5,8-9,13,15,20,23-24H,6-7,10-11,16-19H2,1-2H3. The minimum absolute atomic E-state index is 0.0542. The lowest BCUT2D eigenvalue weighted by Gasteiger charge is -2.34. The van der Waals surface area contributed by atoms with Crippen molar-refractivity contribution < 1.29 is 14.3 Å². The molecule has 5 nitrogen and oxygen atoms in total. The monoisotopic (exact) mass is 432 g/mol. The van der Waals surface area contributed by atoms with E-state index in [4.69, 9.17) is 9.47 Å². The summed E-state index contributed by atoms with van der Waals surface area (Å²) in [5, 5.41) is 0. The van der Waals surface area contributed by atoms with E-state index in [1.807, 2.05) is 53.4 Å². The molecule has 2 fully saturated rings. The molecule has 1 heterocycles. The molecule has 1 atom stereocenters. The van der Waals surface area contributed by atoms with Gasteiger partial charge in [-0.05, 0) is 62.6 Å². The van der Waals surface area contributed by atoms with Gasteiger partial charge in [0.15, 0.2) is 11.5 Å². The van der Waals surface area contributed by atoms with E-state index >= 15 is 0 Å². The van der Waals surface area contributed by atoms with Crippen LogP contribution in [-0.4, -0.2) is 62.1 Å². The summed E-state index contributed by atoms with van der Waals surface area (Å²) in [4.78, 5) is 17.8. The second kappa shape index (κ2) is 10.6. The molecule has 4 rings (SSSR count). The Labute approximate surface area is 191 Å². The van der Waals surface area contributed by atoms with Gasteiger partial charge in [-0.1, -0.05) is 36.1 Å². The van der Waals surface area contributed by atoms with Gasteiger partial charge in [0.2, 0.25) is 5.91 Å². The van der Waals surface area contributed by atoms with Gasteiger partial charge < -0.3 is 19.3 Å². The number of carbonyl (C=O) groups excluding carboxylic acids is 1. The molecule has 2 aromatic rings. The second-order valence-corrected chi connectivity index (χ2v) is 8.63. The lowest BCUT2D eigenvalue weighted by atomic mass is 9.96. The third-order valence-electron chi connectivity index (χ3n) is 6.31. The number of methoxy groups -OCH3 is 1. The number of rotatable bonds is 5. The van der Waals surface area contributed by atoms with Crippen LogP contribution in [0.15, 0.2) is 48.5 Å².